The van der Waals surface area contributed by atoms with Crippen LogP contribution in [0.1, 0.15) is 0 Å². The molecule has 28 valence electrons. The summed E-state index contributed by atoms with van der Waals surface area (Å²) in [6.07, 6.45) is 0. The summed E-state index contributed by atoms with van der Waals surface area (Å²) in [4.78, 5) is 0. The first-order valence-electron chi connectivity index (χ1n) is 0.289. The summed E-state index contributed by atoms with van der Waals surface area (Å²) in [5.41, 5.74) is 0. The summed E-state index contributed by atoms with van der Waals surface area (Å²) < 4.78 is 8.38. The van der Waals surface area contributed by atoms with Crippen molar-refractivity contribution in [2.45, 2.75) is 0 Å². The monoisotopic (exact) mass is 214 g/mol. The second-order valence-electron chi connectivity index (χ2n) is 0. The molecule has 0 saturated heterocycles. The largest absolute Gasteiger partial charge is 4.00 e. The summed E-state index contributed by atoms with van der Waals surface area (Å²) >= 11 is 0.125. The van der Waals surface area contributed by atoms with Crippen LogP contribution in [0.2, 0.25) is 0 Å². The molecule has 0 radical (unpaired) electrons. The van der Waals surface area contributed by atoms with E-state index in [-0.39, 0.29) is 53.6 Å². The third kappa shape index (κ3) is 38.8. The first-order valence-corrected chi connectivity index (χ1v) is 1.50. The van der Waals surface area contributed by atoms with Crippen LogP contribution in [0.4, 0.5) is 0 Å². The van der Waals surface area contributed by atoms with E-state index in [9.17, 15) is 0 Å². The van der Waals surface area contributed by atoms with E-state index in [1.54, 1.807) is 0 Å². The summed E-state index contributed by atoms with van der Waals surface area (Å²) in [5, 5.41) is 0. The Kier molecular flexibility index (Phi) is 476. The molecule has 0 N–H and O–H groups in total. The smallest absolute Gasteiger partial charge is 4.00 e. The summed E-state index contributed by atoms with van der Waals surface area (Å²) in [6.45, 7) is 0. The zero-order chi connectivity index (χ0) is 2.00. The third-order valence-corrected chi connectivity index (χ3v) is 0. The van der Waals surface area contributed by atoms with Gasteiger partial charge in [-0.05, 0) is 0 Å². The quantitative estimate of drug-likeness (QED) is 0.463. The minimum atomic E-state index is 0. The molecule has 0 aliphatic carbocycles. The fourth-order valence-electron chi connectivity index (χ4n) is 0. The van der Waals surface area contributed by atoms with Crippen LogP contribution in [-0.4, -0.2) is 16.5 Å². The van der Waals surface area contributed by atoms with Gasteiger partial charge in [0.1, 0.15) is 0 Å². The average molecular weight is 214 g/mol. The van der Waals surface area contributed by atoms with Crippen molar-refractivity contribution < 1.29 is 40.9 Å². The number of hydrogen-bond donors (Lipinski definition) is 0. The van der Waals surface area contributed by atoms with E-state index in [0.29, 0.717) is 0 Å². The van der Waals surface area contributed by atoms with Gasteiger partial charge in [-0.15, -0.1) is 0 Å². The van der Waals surface area contributed by atoms with Gasteiger partial charge in [-0.25, -0.2) is 0 Å². The van der Waals surface area contributed by atoms with Crippen LogP contribution >= 0.6 is 0 Å². The Bertz CT molecular complexity index is 6.85. The summed E-state index contributed by atoms with van der Waals surface area (Å²) in [5.74, 6) is 0. The molecule has 0 aliphatic rings. The fourth-order valence-corrected chi connectivity index (χ4v) is 0. The zero-order valence-electron chi connectivity index (χ0n) is 2.43. The van der Waals surface area contributed by atoms with Crippen LogP contribution in [0.25, 0.3) is 0 Å². The van der Waals surface area contributed by atoms with E-state index in [2.05, 4.69) is 0 Å². The maximum Gasteiger partial charge on any atom is 4.00 e. The molecule has 0 aromatic heterocycles. The molecular formula is H2GeO3Zr. The first-order chi connectivity index (χ1) is 1.00. The van der Waals surface area contributed by atoms with Crippen molar-refractivity contribution >= 4 is 16.5 Å². The molecule has 0 amide bonds. The Labute approximate surface area is 57.3 Å². The normalized spacial score (nSPS) is 0.800. The standard InChI is InChI=1S/GeH2O.2O.Zr/c1-2;;;/h1H2;;;/q;2*-2;+4. The van der Waals surface area contributed by atoms with Crippen LogP contribution in [0.15, 0.2) is 0 Å². The van der Waals surface area contributed by atoms with Crippen molar-refractivity contribution in [3.8, 4) is 0 Å². The third-order valence-electron chi connectivity index (χ3n) is 0. The Balaban J connectivity index is -0.00000000167. The predicted molar refractivity (Wildman–Crippen MR) is 10.6 cm³/mol. The van der Waals surface area contributed by atoms with Crippen LogP contribution in [0.3, 0.4) is 0 Å². The average Bonchev–Trinajstić information content (AvgIpc) is 1.00. The molecule has 0 aromatic rings. The van der Waals surface area contributed by atoms with Crippen LogP contribution < -0.4 is 0 Å². The minimum absolute atomic E-state index is 0. The molecule has 0 bridgehead atoms. The van der Waals surface area contributed by atoms with Gasteiger partial charge in [0.05, 0.1) is 0 Å². The van der Waals surface area contributed by atoms with E-state index < -0.39 is 0 Å². The Morgan fingerprint density at radius 2 is 1.00 bits per heavy atom. The van der Waals surface area contributed by atoms with E-state index >= 15 is 0 Å². The van der Waals surface area contributed by atoms with Gasteiger partial charge >= 0.3 is 46.4 Å². The Morgan fingerprint density at radius 1 is 1.00 bits per heavy atom. The number of rotatable bonds is 0. The van der Waals surface area contributed by atoms with Crippen molar-refractivity contribution in [1.82, 2.24) is 0 Å². The van der Waals surface area contributed by atoms with Crippen LogP contribution in [-0.2, 0) is 40.9 Å². The second kappa shape index (κ2) is 67.4. The molecule has 3 nitrogen and oxygen atoms in total. The molecule has 0 rings (SSSR count). The van der Waals surface area contributed by atoms with E-state index in [0.717, 1.165) is 0 Å². The molecule has 0 atom stereocenters. The molecule has 0 heterocycles. The van der Waals surface area contributed by atoms with Crippen molar-refractivity contribution in [3.05, 3.63) is 0 Å². The van der Waals surface area contributed by atoms with Gasteiger partial charge in [0.15, 0.2) is 0 Å². The molecule has 5 heavy (non-hydrogen) atoms. The molecule has 0 saturated carbocycles. The van der Waals surface area contributed by atoms with E-state index in [4.69, 9.17) is 3.78 Å². The molecule has 0 aromatic carbocycles. The Morgan fingerprint density at radius 3 is 1.00 bits per heavy atom. The molecule has 5 heteroatoms. The van der Waals surface area contributed by atoms with Crippen molar-refractivity contribution in [3.63, 3.8) is 0 Å². The van der Waals surface area contributed by atoms with Gasteiger partial charge in [0.25, 0.3) is 0 Å². The van der Waals surface area contributed by atoms with Gasteiger partial charge in [-0.2, -0.15) is 0 Å². The van der Waals surface area contributed by atoms with Crippen LogP contribution in [0, 0.1) is 0 Å². The van der Waals surface area contributed by atoms with Crippen molar-refractivity contribution in [1.29, 1.82) is 0 Å². The van der Waals surface area contributed by atoms with E-state index in [1.807, 2.05) is 0 Å². The van der Waals surface area contributed by atoms with Crippen molar-refractivity contribution in [2.75, 3.05) is 0 Å². The first kappa shape index (κ1) is 35.3. The van der Waals surface area contributed by atoms with Crippen LogP contribution in [0.5, 0.6) is 0 Å². The molecule has 0 spiro atoms. The molecule has 0 fully saturated rings. The van der Waals surface area contributed by atoms with Gasteiger partial charge < -0.3 is 11.0 Å². The molecule has 0 unspecified atom stereocenters. The van der Waals surface area contributed by atoms with Gasteiger partial charge in [-0.1, -0.05) is 0 Å². The topological polar surface area (TPSA) is 74.1 Å². The van der Waals surface area contributed by atoms with Gasteiger partial charge in [0, 0.05) is 0 Å². The minimum Gasteiger partial charge on any atom is 4.00 e. The zero-order valence-corrected chi connectivity index (χ0v) is 7.86. The van der Waals surface area contributed by atoms with Gasteiger partial charge in [0.2, 0.25) is 0 Å². The SMILES string of the molecule is [O-2].[O-2].[O]=[GeH2].[Zr+4]. The Hall–Kier alpha value is 1.15. The molecule has 0 aliphatic heterocycles. The fraction of sp³-hybridized carbons (Fsp3) is 0. The van der Waals surface area contributed by atoms with E-state index in [1.165, 1.54) is 0 Å². The summed E-state index contributed by atoms with van der Waals surface area (Å²) in [6, 6.07) is 0. The number of hydrogen-bond acceptors (Lipinski definition) is 1. The maximum atomic E-state index is 8.38. The second-order valence-corrected chi connectivity index (χ2v) is 0. The summed E-state index contributed by atoms with van der Waals surface area (Å²) in [7, 11) is 0. The van der Waals surface area contributed by atoms with Crippen molar-refractivity contribution in [2.24, 2.45) is 0 Å². The predicted octanol–water partition coefficient (Wildman–Crippen LogP) is -1.28. The molecular weight excluding hydrogens is 212 g/mol. The maximum absolute atomic E-state index is 8.38. The van der Waals surface area contributed by atoms with Gasteiger partial charge in [-0.3, -0.25) is 0 Å².